The van der Waals surface area contributed by atoms with Crippen LogP contribution in [0.5, 0.6) is 11.5 Å². The molecule has 0 aliphatic rings. The number of hydrogen-bond donors (Lipinski definition) is 2. The van der Waals surface area contributed by atoms with Crippen LogP contribution in [0.1, 0.15) is 31.1 Å². The van der Waals surface area contributed by atoms with Crippen molar-refractivity contribution in [3.8, 4) is 11.5 Å². The van der Waals surface area contributed by atoms with E-state index in [4.69, 9.17) is 21.1 Å². The van der Waals surface area contributed by atoms with Gasteiger partial charge in [-0.1, -0.05) is 35.9 Å². The molecule has 7 heteroatoms. The van der Waals surface area contributed by atoms with Gasteiger partial charge in [0, 0.05) is 24.4 Å². The third kappa shape index (κ3) is 5.39. The summed E-state index contributed by atoms with van der Waals surface area (Å²) in [7, 11) is 1.54. The van der Waals surface area contributed by atoms with Crippen LogP contribution < -0.4 is 20.1 Å². The molecule has 0 saturated heterocycles. The van der Waals surface area contributed by atoms with Crippen molar-refractivity contribution in [3.63, 3.8) is 0 Å². The lowest BCUT2D eigenvalue weighted by molar-refractivity contribution is -0.122. The van der Waals surface area contributed by atoms with Crippen molar-refractivity contribution in [1.29, 1.82) is 0 Å². The first kappa shape index (κ1) is 19.6. The van der Waals surface area contributed by atoms with E-state index >= 15 is 0 Å². The fourth-order valence-corrected chi connectivity index (χ4v) is 2.56. The van der Waals surface area contributed by atoms with Crippen molar-refractivity contribution in [3.05, 3.63) is 58.6 Å². The Kier molecular flexibility index (Phi) is 6.86. The molecule has 0 aromatic heterocycles. The number of ether oxygens (including phenoxy) is 2. The van der Waals surface area contributed by atoms with Gasteiger partial charge in [0.05, 0.1) is 7.11 Å². The molecule has 0 heterocycles. The van der Waals surface area contributed by atoms with E-state index in [1.54, 1.807) is 24.3 Å². The van der Waals surface area contributed by atoms with Crippen molar-refractivity contribution in [2.24, 2.45) is 0 Å². The van der Waals surface area contributed by atoms with Gasteiger partial charge in [0.1, 0.15) is 12.8 Å². The monoisotopic (exact) mass is 376 g/mol. The number of amides is 2. The number of nitrogens with one attached hydrogen (secondary N) is 2. The Morgan fingerprint density at radius 2 is 1.69 bits per heavy atom. The minimum atomic E-state index is -0.668. The number of halogens is 1. The molecule has 0 unspecified atom stereocenters. The van der Waals surface area contributed by atoms with E-state index in [9.17, 15) is 9.59 Å². The summed E-state index contributed by atoms with van der Waals surface area (Å²) in [4.78, 5) is 22.9. The largest absolute Gasteiger partial charge is 0.493 e. The summed E-state index contributed by atoms with van der Waals surface area (Å²) < 4.78 is 11.2. The smallest absolute Gasteiger partial charge is 0.218 e. The van der Waals surface area contributed by atoms with Gasteiger partial charge in [0.25, 0.3) is 0 Å². The first-order valence-corrected chi connectivity index (χ1v) is 8.37. The van der Waals surface area contributed by atoms with E-state index in [1.165, 1.54) is 21.0 Å². The zero-order valence-electron chi connectivity index (χ0n) is 14.8. The Morgan fingerprint density at radius 3 is 2.27 bits per heavy atom. The summed E-state index contributed by atoms with van der Waals surface area (Å²) in [6.07, 6.45) is -0.668. The molecule has 6 nitrogen and oxygen atoms in total. The second kappa shape index (κ2) is 9.10. The van der Waals surface area contributed by atoms with Crippen molar-refractivity contribution in [2.45, 2.75) is 26.6 Å². The predicted molar refractivity (Wildman–Crippen MR) is 99.2 cm³/mol. The van der Waals surface area contributed by atoms with E-state index in [1.807, 2.05) is 18.2 Å². The second-order valence-electron chi connectivity index (χ2n) is 5.62. The predicted octanol–water partition coefficient (Wildman–Crippen LogP) is 3.20. The van der Waals surface area contributed by atoms with Crippen molar-refractivity contribution in [1.82, 2.24) is 10.6 Å². The highest BCUT2D eigenvalue weighted by molar-refractivity contribution is 6.31. The minimum absolute atomic E-state index is 0.254. The molecule has 2 amide bonds. The van der Waals surface area contributed by atoms with Gasteiger partial charge >= 0.3 is 0 Å². The maximum atomic E-state index is 11.4. The summed E-state index contributed by atoms with van der Waals surface area (Å²) >= 11 is 6.15. The average molecular weight is 377 g/mol. The van der Waals surface area contributed by atoms with Gasteiger partial charge in [-0.15, -0.1) is 0 Å². The summed E-state index contributed by atoms with van der Waals surface area (Å²) in [5.74, 6) is 0.479. The van der Waals surface area contributed by atoms with Gasteiger partial charge in [-0.25, -0.2) is 0 Å². The van der Waals surface area contributed by atoms with Crippen molar-refractivity contribution < 1.29 is 19.1 Å². The van der Waals surface area contributed by atoms with Crippen LogP contribution in [-0.4, -0.2) is 18.9 Å². The summed E-state index contributed by atoms with van der Waals surface area (Å²) in [5.41, 5.74) is 1.49. The zero-order chi connectivity index (χ0) is 19.1. The summed E-state index contributed by atoms with van der Waals surface area (Å²) in [5, 5.41) is 5.98. The molecule has 0 aliphatic carbocycles. The first-order chi connectivity index (χ1) is 12.4. The standard InChI is InChI=1S/C19H21ClN2O4/c1-12(23)21-19(22-13(2)24)14-8-9-17(25-3)18(10-14)26-11-15-6-4-5-7-16(15)20/h4-10,19H,11H2,1-3H3,(H,21,23)(H,22,24). The number of benzene rings is 2. The summed E-state index contributed by atoms with van der Waals surface area (Å²) in [6.45, 7) is 3.02. The van der Waals surface area contributed by atoms with Gasteiger partial charge in [-0.05, 0) is 23.8 Å². The molecular weight excluding hydrogens is 356 g/mol. The van der Waals surface area contributed by atoms with Gasteiger partial charge in [0.15, 0.2) is 11.5 Å². The molecule has 0 fully saturated rings. The molecule has 138 valence electrons. The Labute approximate surface area is 157 Å². The number of carbonyl (C=O) groups excluding carboxylic acids is 2. The maximum Gasteiger partial charge on any atom is 0.218 e. The van der Waals surface area contributed by atoms with E-state index in [0.29, 0.717) is 22.1 Å². The molecular formula is C19H21ClN2O4. The molecule has 2 aromatic carbocycles. The summed E-state index contributed by atoms with van der Waals surface area (Å²) in [6, 6.07) is 12.6. The van der Waals surface area contributed by atoms with Crippen molar-refractivity contribution in [2.75, 3.05) is 7.11 Å². The fraction of sp³-hybridized carbons (Fsp3) is 0.263. The van der Waals surface area contributed by atoms with Crippen LogP contribution in [-0.2, 0) is 16.2 Å². The third-order valence-electron chi connectivity index (χ3n) is 3.56. The van der Waals surface area contributed by atoms with Crippen LogP contribution in [0.15, 0.2) is 42.5 Å². The van der Waals surface area contributed by atoms with Crippen molar-refractivity contribution >= 4 is 23.4 Å². The Morgan fingerprint density at radius 1 is 1.04 bits per heavy atom. The molecule has 0 spiro atoms. The highest BCUT2D eigenvalue weighted by Gasteiger charge is 2.17. The number of hydrogen-bond acceptors (Lipinski definition) is 4. The number of carbonyl (C=O) groups is 2. The van der Waals surface area contributed by atoms with Crippen LogP contribution in [0, 0.1) is 0 Å². The van der Waals surface area contributed by atoms with E-state index in [2.05, 4.69) is 10.6 Å². The third-order valence-corrected chi connectivity index (χ3v) is 3.93. The van der Waals surface area contributed by atoms with Crippen LogP contribution in [0.3, 0.4) is 0 Å². The lowest BCUT2D eigenvalue weighted by atomic mass is 10.1. The molecule has 0 saturated carbocycles. The molecule has 26 heavy (non-hydrogen) atoms. The Hall–Kier alpha value is -2.73. The SMILES string of the molecule is COc1ccc(C(NC(C)=O)NC(C)=O)cc1OCc1ccccc1Cl. The quantitative estimate of drug-likeness (QED) is 0.727. The lowest BCUT2D eigenvalue weighted by Gasteiger charge is -2.21. The van der Waals surface area contributed by atoms with E-state index < -0.39 is 6.17 Å². The van der Waals surface area contributed by atoms with E-state index in [0.717, 1.165) is 5.56 Å². The zero-order valence-corrected chi connectivity index (χ0v) is 15.6. The van der Waals surface area contributed by atoms with Crippen LogP contribution in [0.4, 0.5) is 0 Å². The highest BCUT2D eigenvalue weighted by atomic mass is 35.5. The minimum Gasteiger partial charge on any atom is -0.493 e. The Bertz CT molecular complexity index is 779. The van der Waals surface area contributed by atoms with Crippen LogP contribution in [0.2, 0.25) is 5.02 Å². The van der Waals surface area contributed by atoms with Gasteiger partial charge < -0.3 is 20.1 Å². The molecule has 0 atom stereocenters. The maximum absolute atomic E-state index is 11.4. The average Bonchev–Trinajstić information content (AvgIpc) is 2.59. The topological polar surface area (TPSA) is 76.7 Å². The number of rotatable bonds is 7. The molecule has 0 bridgehead atoms. The van der Waals surface area contributed by atoms with Crippen LogP contribution >= 0.6 is 11.6 Å². The molecule has 0 radical (unpaired) electrons. The molecule has 2 N–H and O–H groups in total. The number of methoxy groups -OCH3 is 1. The first-order valence-electron chi connectivity index (χ1n) is 7.99. The van der Waals surface area contributed by atoms with Gasteiger partial charge in [-0.2, -0.15) is 0 Å². The van der Waals surface area contributed by atoms with Crippen LogP contribution in [0.25, 0.3) is 0 Å². The normalized spacial score (nSPS) is 10.3. The lowest BCUT2D eigenvalue weighted by Crippen LogP contribution is -2.39. The Balaban J connectivity index is 2.27. The van der Waals surface area contributed by atoms with Gasteiger partial charge in [-0.3, -0.25) is 9.59 Å². The second-order valence-corrected chi connectivity index (χ2v) is 6.03. The fourth-order valence-electron chi connectivity index (χ4n) is 2.37. The highest BCUT2D eigenvalue weighted by Crippen LogP contribution is 2.31. The van der Waals surface area contributed by atoms with Gasteiger partial charge in [0.2, 0.25) is 11.8 Å². The molecule has 0 aliphatic heterocycles. The molecule has 2 rings (SSSR count). The van der Waals surface area contributed by atoms with E-state index in [-0.39, 0.29) is 18.4 Å². The molecule has 2 aromatic rings.